The van der Waals surface area contributed by atoms with E-state index in [0.717, 1.165) is 12.3 Å². The molecule has 0 atom stereocenters. The molecule has 0 aliphatic rings. The molecular formula is C10H17N. The molecule has 0 radical (unpaired) electrons. The highest BCUT2D eigenvalue weighted by molar-refractivity contribution is 5.09. The number of pyridine rings is 1. The molecule has 0 spiro atoms. The number of rotatable bonds is 2. The molecule has 0 fully saturated rings. The Morgan fingerprint density at radius 1 is 1.27 bits per heavy atom. The normalized spacial score (nSPS) is 9.36. The minimum absolute atomic E-state index is 0. The van der Waals surface area contributed by atoms with Crippen molar-refractivity contribution < 1.29 is 0 Å². The molecule has 62 valence electrons. The maximum absolute atomic E-state index is 3.95. The second kappa shape index (κ2) is 4.89. The fourth-order valence-corrected chi connectivity index (χ4v) is 0.990. The molecule has 11 heavy (non-hydrogen) atoms. The van der Waals surface area contributed by atoms with Gasteiger partial charge in [-0.2, -0.15) is 0 Å². The zero-order valence-electron chi connectivity index (χ0n) is 6.54. The summed E-state index contributed by atoms with van der Waals surface area (Å²) in [5, 5.41) is 0. The highest BCUT2D eigenvalue weighted by atomic mass is 14.6. The van der Waals surface area contributed by atoms with Gasteiger partial charge in [0.25, 0.3) is 0 Å². The molecule has 0 N–H and O–H groups in total. The van der Waals surface area contributed by atoms with E-state index >= 15 is 0 Å². The third-order valence-corrected chi connectivity index (χ3v) is 1.39. The van der Waals surface area contributed by atoms with E-state index in [1.165, 1.54) is 5.56 Å². The molecule has 1 heteroatoms. The maximum Gasteiger partial charge on any atom is 0.0270 e. The van der Waals surface area contributed by atoms with Crippen molar-refractivity contribution in [3.63, 3.8) is 0 Å². The van der Waals surface area contributed by atoms with Gasteiger partial charge >= 0.3 is 0 Å². The largest absolute Gasteiger partial charge is 0.265 e. The first-order valence-corrected chi connectivity index (χ1v) is 3.68. The molecule has 0 amide bonds. The highest BCUT2D eigenvalue weighted by Crippen LogP contribution is 2.04. The zero-order chi connectivity index (χ0) is 7.40. The first kappa shape index (κ1) is 10.2. The van der Waals surface area contributed by atoms with Crippen molar-refractivity contribution in [3.8, 4) is 0 Å². The Hall–Kier alpha value is -0.850. The molecule has 0 saturated heterocycles. The van der Waals surface area contributed by atoms with Gasteiger partial charge in [0.2, 0.25) is 0 Å². The standard InChI is InChI=1S/C9H13N.CH4/c1-8(2)7-9-3-5-10-6-4-9;/h3-6,8H,7H2,1-2H3;1H4. The van der Waals surface area contributed by atoms with Gasteiger partial charge in [-0.25, -0.2) is 0 Å². The Balaban J connectivity index is 0.000001000. The van der Waals surface area contributed by atoms with Crippen LogP contribution in [-0.2, 0) is 6.42 Å². The van der Waals surface area contributed by atoms with Crippen molar-refractivity contribution in [2.75, 3.05) is 0 Å². The molecule has 1 heterocycles. The van der Waals surface area contributed by atoms with Crippen LogP contribution in [0.2, 0.25) is 0 Å². The van der Waals surface area contributed by atoms with E-state index in [9.17, 15) is 0 Å². The summed E-state index contributed by atoms with van der Waals surface area (Å²) in [6.07, 6.45) is 4.85. The third-order valence-electron chi connectivity index (χ3n) is 1.39. The lowest BCUT2D eigenvalue weighted by atomic mass is 10.0. The van der Waals surface area contributed by atoms with Crippen LogP contribution in [0.3, 0.4) is 0 Å². The Morgan fingerprint density at radius 2 is 1.82 bits per heavy atom. The number of nitrogens with zero attached hydrogens (tertiary/aromatic N) is 1. The van der Waals surface area contributed by atoms with Gasteiger partial charge in [0.1, 0.15) is 0 Å². The summed E-state index contributed by atoms with van der Waals surface area (Å²) in [5.41, 5.74) is 1.38. The molecule has 0 unspecified atom stereocenters. The van der Waals surface area contributed by atoms with Crippen molar-refractivity contribution >= 4 is 0 Å². The Bertz CT molecular complexity index is 179. The van der Waals surface area contributed by atoms with Gasteiger partial charge in [0.05, 0.1) is 0 Å². The van der Waals surface area contributed by atoms with Crippen LogP contribution in [0.4, 0.5) is 0 Å². The lowest BCUT2D eigenvalue weighted by Gasteiger charge is -2.02. The molecule has 0 aliphatic heterocycles. The van der Waals surface area contributed by atoms with E-state index in [0.29, 0.717) is 0 Å². The maximum atomic E-state index is 3.95. The van der Waals surface area contributed by atoms with Crippen LogP contribution < -0.4 is 0 Å². The quantitative estimate of drug-likeness (QED) is 0.633. The van der Waals surface area contributed by atoms with Gasteiger partial charge in [-0.3, -0.25) is 4.98 Å². The van der Waals surface area contributed by atoms with Gasteiger partial charge in [-0.15, -0.1) is 0 Å². The summed E-state index contributed by atoms with van der Waals surface area (Å²) >= 11 is 0. The molecular weight excluding hydrogens is 134 g/mol. The minimum Gasteiger partial charge on any atom is -0.265 e. The Labute approximate surface area is 69.5 Å². The van der Waals surface area contributed by atoms with Crippen molar-refractivity contribution in [1.29, 1.82) is 0 Å². The summed E-state index contributed by atoms with van der Waals surface area (Å²) in [5.74, 6) is 0.738. The minimum atomic E-state index is 0. The SMILES string of the molecule is C.CC(C)Cc1ccncc1. The lowest BCUT2D eigenvalue weighted by Crippen LogP contribution is -1.92. The average molecular weight is 151 g/mol. The van der Waals surface area contributed by atoms with Crippen LogP contribution in [0.5, 0.6) is 0 Å². The van der Waals surface area contributed by atoms with Crippen LogP contribution in [0, 0.1) is 5.92 Å². The Morgan fingerprint density at radius 3 is 2.27 bits per heavy atom. The van der Waals surface area contributed by atoms with Crippen LogP contribution in [0.15, 0.2) is 24.5 Å². The fraction of sp³-hybridized carbons (Fsp3) is 0.500. The summed E-state index contributed by atoms with van der Waals surface area (Å²) in [6, 6.07) is 4.14. The molecule has 1 aromatic heterocycles. The van der Waals surface area contributed by atoms with E-state index in [4.69, 9.17) is 0 Å². The van der Waals surface area contributed by atoms with Crippen molar-refractivity contribution in [2.24, 2.45) is 5.92 Å². The predicted octanol–water partition coefficient (Wildman–Crippen LogP) is 2.92. The van der Waals surface area contributed by atoms with E-state index in [1.54, 1.807) is 0 Å². The Kier molecular flexibility index (Phi) is 4.51. The summed E-state index contributed by atoms with van der Waals surface area (Å²) in [4.78, 5) is 3.95. The molecule has 0 saturated carbocycles. The molecule has 0 aliphatic carbocycles. The van der Waals surface area contributed by atoms with E-state index in [2.05, 4.69) is 31.0 Å². The molecule has 0 bridgehead atoms. The highest BCUT2D eigenvalue weighted by Gasteiger charge is 1.94. The second-order valence-corrected chi connectivity index (χ2v) is 2.95. The van der Waals surface area contributed by atoms with Crippen LogP contribution in [0.1, 0.15) is 26.8 Å². The summed E-state index contributed by atoms with van der Waals surface area (Å²) < 4.78 is 0. The first-order chi connectivity index (χ1) is 4.79. The van der Waals surface area contributed by atoms with E-state index < -0.39 is 0 Å². The third kappa shape index (κ3) is 3.76. The lowest BCUT2D eigenvalue weighted by molar-refractivity contribution is 0.647. The average Bonchev–Trinajstić information content (AvgIpc) is 1.88. The monoisotopic (exact) mass is 151 g/mol. The molecule has 0 aromatic carbocycles. The first-order valence-electron chi connectivity index (χ1n) is 3.68. The molecule has 1 rings (SSSR count). The predicted molar refractivity (Wildman–Crippen MR) is 49.5 cm³/mol. The van der Waals surface area contributed by atoms with E-state index in [-0.39, 0.29) is 7.43 Å². The van der Waals surface area contributed by atoms with E-state index in [1.807, 2.05) is 12.4 Å². The zero-order valence-corrected chi connectivity index (χ0v) is 6.54. The van der Waals surface area contributed by atoms with Gasteiger partial charge < -0.3 is 0 Å². The van der Waals surface area contributed by atoms with Gasteiger partial charge in [-0.1, -0.05) is 21.3 Å². The topological polar surface area (TPSA) is 12.9 Å². The molecule has 1 aromatic rings. The second-order valence-electron chi connectivity index (χ2n) is 2.95. The van der Waals surface area contributed by atoms with Crippen LogP contribution >= 0.6 is 0 Å². The van der Waals surface area contributed by atoms with Crippen molar-refractivity contribution in [3.05, 3.63) is 30.1 Å². The number of aromatic nitrogens is 1. The van der Waals surface area contributed by atoms with Crippen LogP contribution in [0.25, 0.3) is 0 Å². The van der Waals surface area contributed by atoms with Gasteiger partial charge in [0.15, 0.2) is 0 Å². The molecule has 1 nitrogen and oxygen atoms in total. The summed E-state index contributed by atoms with van der Waals surface area (Å²) in [6.45, 7) is 4.45. The van der Waals surface area contributed by atoms with Gasteiger partial charge in [-0.05, 0) is 30.0 Å². The number of hydrogen-bond acceptors (Lipinski definition) is 1. The number of hydrogen-bond donors (Lipinski definition) is 0. The summed E-state index contributed by atoms with van der Waals surface area (Å²) in [7, 11) is 0. The fourth-order valence-electron chi connectivity index (χ4n) is 0.990. The van der Waals surface area contributed by atoms with Crippen molar-refractivity contribution in [1.82, 2.24) is 4.98 Å². The smallest absolute Gasteiger partial charge is 0.0270 e. The van der Waals surface area contributed by atoms with Crippen LogP contribution in [-0.4, -0.2) is 4.98 Å². The van der Waals surface area contributed by atoms with Crippen molar-refractivity contribution in [2.45, 2.75) is 27.7 Å². The van der Waals surface area contributed by atoms with Gasteiger partial charge in [0, 0.05) is 12.4 Å².